The predicted molar refractivity (Wildman–Crippen MR) is 97.1 cm³/mol. The van der Waals surface area contributed by atoms with Gasteiger partial charge in [-0.05, 0) is 74.0 Å². The first-order valence-electron chi connectivity index (χ1n) is 9.15. The van der Waals surface area contributed by atoms with E-state index in [1.807, 2.05) is 26.2 Å². The Balaban J connectivity index is 1.39. The van der Waals surface area contributed by atoms with Crippen LogP contribution in [-0.4, -0.2) is 26.2 Å². The van der Waals surface area contributed by atoms with E-state index in [0.717, 1.165) is 48.3 Å². The van der Waals surface area contributed by atoms with Crippen LogP contribution in [0.1, 0.15) is 44.1 Å². The molecule has 1 amide bonds. The molecule has 0 aromatic heterocycles. The lowest BCUT2D eigenvalue weighted by atomic mass is 9.49. The van der Waals surface area contributed by atoms with E-state index in [-0.39, 0.29) is 11.3 Å². The molecule has 0 radical (unpaired) electrons. The topological polar surface area (TPSA) is 44.7 Å². The fourth-order valence-electron chi connectivity index (χ4n) is 5.53. The molecule has 128 valence electrons. The lowest BCUT2D eigenvalue weighted by Crippen LogP contribution is -2.52. The molecule has 5 rings (SSSR count). The number of carbonyl (C=O) groups excluding carboxylic acids is 1. The SMILES string of the molecule is CN(C)c1ccc(/C=N\NC(=O)C23CC4CC(CC(C4)C2)C3)cc1. The van der Waals surface area contributed by atoms with Crippen molar-refractivity contribution in [3.05, 3.63) is 29.8 Å². The number of benzene rings is 1. The Morgan fingerprint density at radius 3 is 2.12 bits per heavy atom. The van der Waals surface area contributed by atoms with Gasteiger partial charge < -0.3 is 4.90 Å². The molecule has 0 spiro atoms. The average Bonchev–Trinajstić information content (AvgIpc) is 2.54. The summed E-state index contributed by atoms with van der Waals surface area (Å²) in [5, 5.41) is 4.24. The van der Waals surface area contributed by atoms with Crippen molar-refractivity contribution in [1.29, 1.82) is 0 Å². The van der Waals surface area contributed by atoms with Crippen molar-refractivity contribution in [2.24, 2.45) is 28.3 Å². The zero-order valence-electron chi connectivity index (χ0n) is 14.7. The van der Waals surface area contributed by atoms with Crippen LogP contribution in [0.5, 0.6) is 0 Å². The van der Waals surface area contributed by atoms with Crippen LogP contribution in [0.25, 0.3) is 0 Å². The molecular weight excluding hydrogens is 298 g/mol. The number of nitrogens with zero attached hydrogens (tertiary/aromatic N) is 2. The highest BCUT2D eigenvalue weighted by molar-refractivity contribution is 5.86. The smallest absolute Gasteiger partial charge is 0.246 e. The summed E-state index contributed by atoms with van der Waals surface area (Å²) in [5.41, 5.74) is 4.88. The second-order valence-corrected chi connectivity index (χ2v) is 8.38. The minimum absolute atomic E-state index is 0.124. The highest BCUT2D eigenvalue weighted by atomic mass is 16.2. The van der Waals surface area contributed by atoms with E-state index in [0.29, 0.717) is 0 Å². The molecule has 0 atom stereocenters. The molecule has 24 heavy (non-hydrogen) atoms. The van der Waals surface area contributed by atoms with Gasteiger partial charge in [-0.1, -0.05) is 12.1 Å². The Hall–Kier alpha value is -1.84. The number of hydrogen-bond donors (Lipinski definition) is 1. The van der Waals surface area contributed by atoms with Crippen LogP contribution < -0.4 is 10.3 Å². The van der Waals surface area contributed by atoms with Gasteiger partial charge in [0.15, 0.2) is 0 Å². The molecule has 4 aliphatic carbocycles. The summed E-state index contributed by atoms with van der Waals surface area (Å²) in [6.07, 6.45) is 9.06. The molecular formula is C20H27N3O. The molecule has 4 saturated carbocycles. The number of nitrogens with one attached hydrogen (secondary N) is 1. The van der Waals surface area contributed by atoms with Crippen molar-refractivity contribution in [1.82, 2.24) is 5.43 Å². The molecule has 4 heteroatoms. The van der Waals surface area contributed by atoms with Crippen molar-refractivity contribution < 1.29 is 4.79 Å². The summed E-state index contributed by atoms with van der Waals surface area (Å²) in [6.45, 7) is 0. The summed E-state index contributed by atoms with van der Waals surface area (Å²) in [4.78, 5) is 14.9. The average molecular weight is 325 g/mol. The molecule has 1 aromatic carbocycles. The maximum atomic E-state index is 12.8. The van der Waals surface area contributed by atoms with E-state index in [9.17, 15) is 4.79 Å². The van der Waals surface area contributed by atoms with Crippen LogP contribution in [-0.2, 0) is 4.79 Å². The summed E-state index contributed by atoms with van der Waals surface area (Å²) >= 11 is 0. The van der Waals surface area contributed by atoms with Gasteiger partial charge in [0, 0.05) is 19.8 Å². The molecule has 4 fully saturated rings. The monoisotopic (exact) mass is 325 g/mol. The zero-order valence-corrected chi connectivity index (χ0v) is 14.7. The second-order valence-electron chi connectivity index (χ2n) is 8.38. The first-order chi connectivity index (χ1) is 11.5. The van der Waals surface area contributed by atoms with E-state index < -0.39 is 0 Å². The minimum Gasteiger partial charge on any atom is -0.378 e. The van der Waals surface area contributed by atoms with Crippen molar-refractivity contribution in [2.45, 2.75) is 38.5 Å². The van der Waals surface area contributed by atoms with Crippen LogP contribution in [0, 0.1) is 23.2 Å². The molecule has 4 nitrogen and oxygen atoms in total. The van der Waals surface area contributed by atoms with E-state index in [1.54, 1.807) is 6.21 Å². The zero-order chi connectivity index (χ0) is 16.7. The van der Waals surface area contributed by atoms with E-state index >= 15 is 0 Å². The number of hydrazone groups is 1. The molecule has 0 saturated heterocycles. The molecule has 4 bridgehead atoms. The number of hydrogen-bond acceptors (Lipinski definition) is 3. The lowest BCUT2D eigenvalue weighted by molar-refractivity contribution is -0.146. The third-order valence-corrected chi connectivity index (χ3v) is 6.31. The van der Waals surface area contributed by atoms with Gasteiger partial charge in [-0.2, -0.15) is 5.10 Å². The Kier molecular flexibility index (Phi) is 3.86. The van der Waals surface area contributed by atoms with Crippen LogP contribution in [0.4, 0.5) is 5.69 Å². The fourth-order valence-corrected chi connectivity index (χ4v) is 5.53. The minimum atomic E-state index is -0.124. The maximum Gasteiger partial charge on any atom is 0.246 e. The highest BCUT2D eigenvalue weighted by Crippen LogP contribution is 2.60. The summed E-state index contributed by atoms with van der Waals surface area (Å²) in [7, 11) is 4.05. The third kappa shape index (κ3) is 2.83. The molecule has 0 unspecified atom stereocenters. The first-order valence-corrected chi connectivity index (χ1v) is 9.15. The van der Waals surface area contributed by atoms with Crippen molar-refractivity contribution >= 4 is 17.8 Å². The molecule has 1 aromatic rings. The quantitative estimate of drug-likeness (QED) is 0.681. The standard InChI is InChI=1S/C20H27N3O/c1-23(2)18-5-3-14(4-6-18)13-21-22-19(24)20-10-15-7-16(11-20)9-17(8-15)12-20/h3-6,13,15-17H,7-12H2,1-2H3,(H,22,24)/b21-13-. The van der Waals surface area contributed by atoms with Gasteiger partial charge in [-0.25, -0.2) is 5.43 Å². The van der Waals surface area contributed by atoms with E-state index in [1.165, 1.54) is 19.3 Å². The number of anilines is 1. The Labute approximate surface area is 144 Å². The van der Waals surface area contributed by atoms with Crippen LogP contribution >= 0.6 is 0 Å². The van der Waals surface area contributed by atoms with Gasteiger partial charge in [0.25, 0.3) is 0 Å². The predicted octanol–water partition coefficient (Wildman–Crippen LogP) is 3.42. The molecule has 0 heterocycles. The van der Waals surface area contributed by atoms with Crippen molar-refractivity contribution in [2.75, 3.05) is 19.0 Å². The summed E-state index contributed by atoms with van der Waals surface area (Å²) in [6, 6.07) is 8.16. The van der Waals surface area contributed by atoms with Crippen molar-refractivity contribution in [3.8, 4) is 0 Å². The molecule has 0 aliphatic heterocycles. The summed E-state index contributed by atoms with van der Waals surface area (Å²) < 4.78 is 0. The normalized spacial score (nSPS) is 33.8. The summed E-state index contributed by atoms with van der Waals surface area (Å²) in [5.74, 6) is 2.50. The van der Waals surface area contributed by atoms with Gasteiger partial charge in [-0.15, -0.1) is 0 Å². The lowest BCUT2D eigenvalue weighted by Gasteiger charge is -2.55. The van der Waals surface area contributed by atoms with Gasteiger partial charge in [-0.3, -0.25) is 4.79 Å². The number of carbonyl (C=O) groups is 1. The van der Waals surface area contributed by atoms with Crippen LogP contribution in [0.2, 0.25) is 0 Å². The Bertz CT molecular complexity index is 612. The first kappa shape index (κ1) is 15.7. The van der Waals surface area contributed by atoms with Gasteiger partial charge in [0.2, 0.25) is 5.91 Å². The van der Waals surface area contributed by atoms with Crippen molar-refractivity contribution in [3.63, 3.8) is 0 Å². The van der Waals surface area contributed by atoms with Gasteiger partial charge >= 0.3 is 0 Å². The molecule has 1 N–H and O–H groups in total. The third-order valence-electron chi connectivity index (χ3n) is 6.31. The highest BCUT2D eigenvalue weighted by Gasteiger charge is 2.54. The Morgan fingerprint density at radius 2 is 1.62 bits per heavy atom. The second kappa shape index (κ2) is 5.91. The largest absolute Gasteiger partial charge is 0.378 e. The van der Waals surface area contributed by atoms with E-state index in [4.69, 9.17) is 0 Å². The van der Waals surface area contributed by atoms with Crippen LogP contribution in [0.15, 0.2) is 29.4 Å². The number of rotatable bonds is 4. The fraction of sp³-hybridized carbons (Fsp3) is 0.600. The maximum absolute atomic E-state index is 12.8. The van der Waals surface area contributed by atoms with Gasteiger partial charge in [0.1, 0.15) is 0 Å². The van der Waals surface area contributed by atoms with Gasteiger partial charge in [0.05, 0.1) is 11.6 Å². The number of amides is 1. The van der Waals surface area contributed by atoms with E-state index in [2.05, 4.69) is 27.6 Å². The van der Waals surface area contributed by atoms with Crippen LogP contribution in [0.3, 0.4) is 0 Å². The Morgan fingerprint density at radius 1 is 1.08 bits per heavy atom. The molecule has 4 aliphatic rings.